The summed E-state index contributed by atoms with van der Waals surface area (Å²) in [7, 11) is 1.62. The second-order valence-electron chi connectivity index (χ2n) is 8.12. The number of esters is 1. The zero-order valence-electron chi connectivity index (χ0n) is 19.4. The van der Waals surface area contributed by atoms with Crippen LogP contribution in [0.2, 0.25) is 0 Å². The molecule has 0 spiro atoms. The van der Waals surface area contributed by atoms with Crippen LogP contribution in [0, 0.1) is 13.8 Å². The Morgan fingerprint density at radius 1 is 1.18 bits per heavy atom. The maximum Gasteiger partial charge on any atom is 0.341 e. The molecule has 4 rings (SSSR count). The molecular formula is C25H27N3O5S. The molecule has 2 heterocycles. The lowest BCUT2D eigenvalue weighted by molar-refractivity contribution is -0.135. The molecule has 3 aromatic rings. The molecule has 1 saturated carbocycles. The van der Waals surface area contributed by atoms with E-state index < -0.39 is 5.97 Å². The third-order valence-corrected chi connectivity index (χ3v) is 6.70. The SMILES string of the molecule is COc1ccc(CN(C(=O)COC(=O)c2cccnc2SCc2c(C)noc2C)C2CC2)cc1. The summed E-state index contributed by atoms with van der Waals surface area (Å²) in [6.07, 6.45) is 3.54. The first-order chi connectivity index (χ1) is 16.5. The number of amides is 1. The molecule has 34 heavy (non-hydrogen) atoms. The number of methoxy groups -OCH3 is 1. The van der Waals surface area contributed by atoms with Gasteiger partial charge in [0.2, 0.25) is 0 Å². The van der Waals surface area contributed by atoms with Gasteiger partial charge in [-0.15, -0.1) is 11.8 Å². The molecule has 178 valence electrons. The Labute approximate surface area is 202 Å². The van der Waals surface area contributed by atoms with Gasteiger partial charge in [0.15, 0.2) is 6.61 Å². The highest BCUT2D eigenvalue weighted by Crippen LogP contribution is 2.30. The molecule has 0 unspecified atom stereocenters. The van der Waals surface area contributed by atoms with Gasteiger partial charge in [0, 0.05) is 30.1 Å². The predicted molar refractivity (Wildman–Crippen MR) is 127 cm³/mol. The van der Waals surface area contributed by atoms with E-state index >= 15 is 0 Å². The van der Waals surface area contributed by atoms with Gasteiger partial charge in [-0.2, -0.15) is 0 Å². The van der Waals surface area contributed by atoms with Crippen LogP contribution < -0.4 is 4.74 Å². The standard InChI is InChI=1S/C25H27N3O5S/c1-16-22(17(2)33-27-16)15-34-24-21(5-4-12-26-24)25(30)32-14-23(29)28(19-8-9-19)13-18-6-10-20(31-3)11-7-18/h4-7,10-12,19H,8-9,13-15H2,1-3H3. The summed E-state index contributed by atoms with van der Waals surface area (Å²) in [5.74, 6) is 1.30. The number of pyridine rings is 1. The van der Waals surface area contributed by atoms with Crippen LogP contribution in [0.3, 0.4) is 0 Å². The van der Waals surface area contributed by atoms with Crippen LogP contribution in [0.25, 0.3) is 0 Å². The van der Waals surface area contributed by atoms with E-state index in [4.69, 9.17) is 14.0 Å². The average Bonchev–Trinajstić information content (AvgIpc) is 3.65. The first kappa shape index (κ1) is 23.8. The number of ether oxygens (including phenoxy) is 2. The van der Waals surface area contributed by atoms with E-state index in [2.05, 4.69) is 10.1 Å². The molecule has 2 aromatic heterocycles. The molecule has 0 atom stereocenters. The number of carbonyl (C=O) groups is 2. The van der Waals surface area contributed by atoms with Crippen molar-refractivity contribution in [3.8, 4) is 5.75 Å². The van der Waals surface area contributed by atoms with Crippen LogP contribution >= 0.6 is 11.8 Å². The summed E-state index contributed by atoms with van der Waals surface area (Å²) < 4.78 is 15.8. The monoisotopic (exact) mass is 481 g/mol. The average molecular weight is 482 g/mol. The molecule has 1 aliphatic carbocycles. The Morgan fingerprint density at radius 3 is 2.59 bits per heavy atom. The fraction of sp³-hybridized carbons (Fsp3) is 0.360. The maximum atomic E-state index is 12.9. The van der Waals surface area contributed by atoms with Crippen molar-refractivity contribution in [3.05, 3.63) is 70.7 Å². The smallest absolute Gasteiger partial charge is 0.341 e. The molecule has 0 aliphatic heterocycles. The summed E-state index contributed by atoms with van der Waals surface area (Å²) in [5, 5.41) is 4.50. The van der Waals surface area contributed by atoms with E-state index in [-0.39, 0.29) is 18.6 Å². The molecule has 0 radical (unpaired) electrons. The van der Waals surface area contributed by atoms with Crippen molar-refractivity contribution in [2.24, 2.45) is 0 Å². The van der Waals surface area contributed by atoms with Crippen LogP contribution in [-0.4, -0.2) is 46.7 Å². The number of hydrogen-bond acceptors (Lipinski definition) is 8. The Morgan fingerprint density at radius 2 is 1.94 bits per heavy atom. The van der Waals surface area contributed by atoms with Crippen molar-refractivity contribution in [3.63, 3.8) is 0 Å². The summed E-state index contributed by atoms with van der Waals surface area (Å²) in [4.78, 5) is 31.8. The number of nitrogens with zero attached hydrogens (tertiary/aromatic N) is 3. The minimum Gasteiger partial charge on any atom is -0.497 e. The second kappa shape index (κ2) is 10.7. The fourth-order valence-corrected chi connectivity index (χ4v) is 4.67. The van der Waals surface area contributed by atoms with Gasteiger partial charge in [0.25, 0.3) is 5.91 Å². The lowest BCUT2D eigenvalue weighted by Gasteiger charge is -2.22. The molecule has 0 bridgehead atoms. The number of aryl methyl sites for hydroxylation is 2. The van der Waals surface area contributed by atoms with Crippen LogP contribution in [0.1, 0.15) is 45.8 Å². The van der Waals surface area contributed by atoms with E-state index in [9.17, 15) is 9.59 Å². The zero-order chi connectivity index (χ0) is 24.1. The summed E-state index contributed by atoms with van der Waals surface area (Å²) in [5.41, 5.74) is 3.12. The Bertz CT molecular complexity index is 1140. The van der Waals surface area contributed by atoms with Crippen LogP contribution in [-0.2, 0) is 21.8 Å². The summed E-state index contributed by atoms with van der Waals surface area (Å²) >= 11 is 1.40. The van der Waals surface area contributed by atoms with E-state index in [0.717, 1.165) is 41.2 Å². The minimum absolute atomic E-state index is 0.188. The maximum absolute atomic E-state index is 12.9. The first-order valence-electron chi connectivity index (χ1n) is 11.1. The number of rotatable bonds is 10. The van der Waals surface area contributed by atoms with Crippen molar-refractivity contribution in [1.29, 1.82) is 0 Å². The molecule has 0 saturated heterocycles. The van der Waals surface area contributed by atoms with Gasteiger partial charge in [0.1, 0.15) is 16.5 Å². The highest BCUT2D eigenvalue weighted by Gasteiger charge is 2.33. The topological polar surface area (TPSA) is 94.8 Å². The van der Waals surface area contributed by atoms with Crippen molar-refractivity contribution in [1.82, 2.24) is 15.0 Å². The molecule has 1 fully saturated rings. The van der Waals surface area contributed by atoms with Crippen molar-refractivity contribution >= 4 is 23.6 Å². The first-order valence-corrected chi connectivity index (χ1v) is 12.0. The van der Waals surface area contributed by atoms with Gasteiger partial charge in [-0.1, -0.05) is 17.3 Å². The molecule has 1 aliphatic rings. The fourth-order valence-electron chi connectivity index (χ4n) is 3.53. The summed E-state index contributed by atoms with van der Waals surface area (Å²) in [6.45, 7) is 3.89. The third kappa shape index (κ3) is 5.77. The predicted octanol–water partition coefficient (Wildman–Crippen LogP) is 4.34. The van der Waals surface area contributed by atoms with Gasteiger partial charge < -0.3 is 18.9 Å². The number of benzene rings is 1. The molecule has 1 amide bonds. The number of aromatic nitrogens is 2. The Hall–Kier alpha value is -3.33. The number of hydrogen-bond donors (Lipinski definition) is 0. The highest BCUT2D eigenvalue weighted by molar-refractivity contribution is 7.98. The number of carbonyl (C=O) groups excluding carboxylic acids is 2. The molecular weight excluding hydrogens is 454 g/mol. The minimum atomic E-state index is -0.567. The van der Waals surface area contributed by atoms with Gasteiger partial charge in [-0.05, 0) is 56.5 Å². The molecule has 0 N–H and O–H groups in total. The lowest BCUT2D eigenvalue weighted by atomic mass is 10.2. The normalized spacial score (nSPS) is 12.9. The molecule has 8 nitrogen and oxygen atoms in total. The largest absolute Gasteiger partial charge is 0.497 e. The second-order valence-corrected chi connectivity index (χ2v) is 9.09. The zero-order valence-corrected chi connectivity index (χ0v) is 20.3. The van der Waals surface area contributed by atoms with Gasteiger partial charge in [-0.25, -0.2) is 9.78 Å². The van der Waals surface area contributed by atoms with E-state index in [1.807, 2.05) is 38.1 Å². The van der Waals surface area contributed by atoms with Crippen LogP contribution in [0.5, 0.6) is 5.75 Å². The van der Waals surface area contributed by atoms with Crippen LogP contribution in [0.4, 0.5) is 0 Å². The van der Waals surface area contributed by atoms with Crippen molar-refractivity contribution in [2.75, 3.05) is 13.7 Å². The van der Waals surface area contributed by atoms with Gasteiger partial charge in [0.05, 0.1) is 18.4 Å². The summed E-state index contributed by atoms with van der Waals surface area (Å²) in [6, 6.07) is 11.1. The van der Waals surface area contributed by atoms with Crippen LogP contribution in [0.15, 0.2) is 52.1 Å². The van der Waals surface area contributed by atoms with Gasteiger partial charge in [-0.3, -0.25) is 4.79 Å². The van der Waals surface area contributed by atoms with E-state index in [0.29, 0.717) is 22.9 Å². The molecule has 9 heteroatoms. The van der Waals surface area contributed by atoms with E-state index in [1.165, 1.54) is 11.8 Å². The highest BCUT2D eigenvalue weighted by atomic mass is 32.2. The Kier molecular flexibility index (Phi) is 7.52. The van der Waals surface area contributed by atoms with Gasteiger partial charge >= 0.3 is 5.97 Å². The quantitative estimate of drug-likeness (QED) is 0.312. The third-order valence-electron chi connectivity index (χ3n) is 5.67. The van der Waals surface area contributed by atoms with Crippen molar-refractivity contribution in [2.45, 2.75) is 50.1 Å². The lowest BCUT2D eigenvalue weighted by Crippen LogP contribution is -2.36. The van der Waals surface area contributed by atoms with E-state index in [1.54, 1.807) is 30.3 Å². The molecule has 1 aromatic carbocycles. The van der Waals surface area contributed by atoms with Crippen molar-refractivity contribution < 1.29 is 23.6 Å². The number of thioether (sulfide) groups is 1. The Balaban J connectivity index is 1.37.